The summed E-state index contributed by atoms with van der Waals surface area (Å²) in [4.78, 5) is 12.1. The number of ether oxygens (including phenoxy) is 1. The molecule has 1 aromatic heterocycles. The van der Waals surface area contributed by atoms with Gasteiger partial charge >= 0.3 is 0 Å². The summed E-state index contributed by atoms with van der Waals surface area (Å²) in [6, 6.07) is 13.6. The predicted octanol–water partition coefficient (Wildman–Crippen LogP) is 3.45. The minimum Gasteiger partial charge on any atom is -0.465 e. The molecular formula is C18H16ClN3O5S. The summed E-state index contributed by atoms with van der Waals surface area (Å²) in [5.41, 5.74) is 0.696. The molecule has 2 aromatic carbocycles. The summed E-state index contributed by atoms with van der Waals surface area (Å²) in [6.45, 7) is 1.43. The van der Waals surface area contributed by atoms with Gasteiger partial charge in [-0.05, 0) is 54.5 Å². The Labute approximate surface area is 166 Å². The first-order valence-electron chi connectivity index (χ1n) is 8.06. The molecule has 28 heavy (non-hydrogen) atoms. The van der Waals surface area contributed by atoms with Crippen LogP contribution < -0.4 is 14.8 Å². The summed E-state index contributed by atoms with van der Waals surface area (Å²) in [5.74, 6) is 0.339. The number of amides is 1. The number of hydrogen-bond donors (Lipinski definition) is 2. The molecule has 146 valence electrons. The van der Waals surface area contributed by atoms with Gasteiger partial charge in [-0.1, -0.05) is 17.7 Å². The standard InChI is InChI=1S/C18H16ClN3O5S/c1-12-9-18(21-27-12)26-11-17(23)20-14-3-2-4-15(10-14)22-28(24,25)16-7-5-13(19)6-8-16/h2-10,22H,11H2,1H3,(H,20,23). The van der Waals surface area contributed by atoms with E-state index in [1.807, 2.05) is 0 Å². The second-order valence-electron chi connectivity index (χ2n) is 5.75. The first-order valence-corrected chi connectivity index (χ1v) is 9.92. The molecule has 0 fully saturated rings. The number of carbonyl (C=O) groups is 1. The fourth-order valence-corrected chi connectivity index (χ4v) is 3.41. The molecule has 0 aliphatic carbocycles. The number of carbonyl (C=O) groups excluding carboxylic acids is 1. The summed E-state index contributed by atoms with van der Waals surface area (Å²) in [5, 5.41) is 6.68. The van der Waals surface area contributed by atoms with Crippen LogP contribution in [0.2, 0.25) is 5.02 Å². The Morgan fingerprint density at radius 1 is 1.14 bits per heavy atom. The number of sulfonamides is 1. The van der Waals surface area contributed by atoms with Gasteiger partial charge in [0.2, 0.25) is 0 Å². The lowest BCUT2D eigenvalue weighted by molar-refractivity contribution is -0.118. The number of anilines is 2. The van der Waals surface area contributed by atoms with E-state index in [0.717, 1.165) is 0 Å². The normalized spacial score (nSPS) is 11.1. The zero-order valence-electron chi connectivity index (χ0n) is 14.7. The third-order valence-corrected chi connectivity index (χ3v) is 5.13. The maximum atomic E-state index is 12.4. The van der Waals surface area contributed by atoms with E-state index in [-0.39, 0.29) is 17.4 Å². The molecule has 1 heterocycles. The lowest BCUT2D eigenvalue weighted by atomic mass is 10.3. The van der Waals surface area contributed by atoms with Crippen LogP contribution in [0.5, 0.6) is 5.88 Å². The third-order valence-electron chi connectivity index (χ3n) is 3.48. The second-order valence-corrected chi connectivity index (χ2v) is 7.87. The van der Waals surface area contributed by atoms with Gasteiger partial charge in [-0.15, -0.1) is 0 Å². The van der Waals surface area contributed by atoms with E-state index in [4.69, 9.17) is 20.9 Å². The quantitative estimate of drug-likeness (QED) is 0.604. The van der Waals surface area contributed by atoms with Crippen LogP contribution in [-0.2, 0) is 14.8 Å². The molecule has 3 aromatic rings. The Morgan fingerprint density at radius 2 is 1.86 bits per heavy atom. The van der Waals surface area contributed by atoms with Gasteiger partial charge in [-0.25, -0.2) is 8.42 Å². The van der Waals surface area contributed by atoms with Gasteiger partial charge in [0.25, 0.3) is 21.8 Å². The Bertz CT molecular complexity index is 1080. The molecule has 0 unspecified atom stereocenters. The average Bonchev–Trinajstić information content (AvgIpc) is 3.06. The first-order chi connectivity index (χ1) is 13.3. The topological polar surface area (TPSA) is 111 Å². The summed E-state index contributed by atoms with van der Waals surface area (Å²) in [6.07, 6.45) is 0. The van der Waals surface area contributed by atoms with Crippen molar-refractivity contribution in [1.29, 1.82) is 0 Å². The highest BCUT2D eigenvalue weighted by molar-refractivity contribution is 7.92. The maximum Gasteiger partial charge on any atom is 0.262 e. The molecule has 0 bridgehead atoms. The number of benzene rings is 2. The molecule has 0 saturated carbocycles. The van der Waals surface area contributed by atoms with E-state index in [1.165, 1.54) is 30.3 Å². The van der Waals surface area contributed by atoms with Gasteiger partial charge in [0.05, 0.1) is 10.6 Å². The lowest BCUT2D eigenvalue weighted by Gasteiger charge is -2.10. The predicted molar refractivity (Wildman–Crippen MR) is 104 cm³/mol. The highest BCUT2D eigenvalue weighted by atomic mass is 35.5. The number of nitrogens with one attached hydrogen (secondary N) is 2. The van der Waals surface area contributed by atoms with E-state index in [1.54, 1.807) is 31.2 Å². The van der Waals surface area contributed by atoms with Gasteiger partial charge < -0.3 is 14.6 Å². The van der Waals surface area contributed by atoms with Gasteiger partial charge in [0, 0.05) is 16.8 Å². The molecule has 0 saturated heterocycles. The highest BCUT2D eigenvalue weighted by Crippen LogP contribution is 2.21. The molecule has 3 rings (SSSR count). The smallest absolute Gasteiger partial charge is 0.262 e. The molecule has 0 aliphatic rings. The summed E-state index contributed by atoms with van der Waals surface area (Å²) in [7, 11) is -3.78. The van der Waals surface area contributed by atoms with Crippen LogP contribution in [0.4, 0.5) is 11.4 Å². The van der Waals surface area contributed by atoms with Crippen molar-refractivity contribution in [3.63, 3.8) is 0 Å². The lowest BCUT2D eigenvalue weighted by Crippen LogP contribution is -2.20. The fourth-order valence-electron chi connectivity index (χ4n) is 2.24. The third kappa shape index (κ3) is 5.24. The molecule has 1 amide bonds. The van der Waals surface area contributed by atoms with E-state index in [0.29, 0.717) is 22.2 Å². The van der Waals surface area contributed by atoms with Crippen molar-refractivity contribution in [2.45, 2.75) is 11.8 Å². The summed E-state index contributed by atoms with van der Waals surface area (Å²) >= 11 is 5.78. The molecule has 10 heteroatoms. The minimum absolute atomic E-state index is 0.0719. The van der Waals surface area contributed by atoms with Gasteiger partial charge in [-0.2, -0.15) is 0 Å². The van der Waals surface area contributed by atoms with Gasteiger partial charge in [-0.3, -0.25) is 9.52 Å². The number of aryl methyl sites for hydroxylation is 1. The van der Waals surface area contributed by atoms with Crippen LogP contribution in [0.1, 0.15) is 5.76 Å². The van der Waals surface area contributed by atoms with Crippen molar-refractivity contribution in [3.8, 4) is 5.88 Å². The minimum atomic E-state index is -3.78. The van der Waals surface area contributed by atoms with E-state index < -0.39 is 15.9 Å². The summed E-state index contributed by atoms with van der Waals surface area (Å²) < 4.78 is 37.4. The molecule has 0 aliphatic heterocycles. The van der Waals surface area contributed by atoms with Crippen LogP contribution >= 0.6 is 11.6 Å². The zero-order valence-corrected chi connectivity index (χ0v) is 16.3. The first kappa shape index (κ1) is 19.7. The van der Waals surface area contributed by atoms with Crippen molar-refractivity contribution in [1.82, 2.24) is 5.16 Å². The number of nitrogens with zero attached hydrogens (tertiary/aromatic N) is 1. The molecule has 8 nitrogen and oxygen atoms in total. The second kappa shape index (κ2) is 8.32. The van der Waals surface area contributed by atoms with Gasteiger partial charge in [0.15, 0.2) is 6.61 Å². The zero-order chi connectivity index (χ0) is 20.1. The number of hydrogen-bond acceptors (Lipinski definition) is 6. The van der Waals surface area contributed by atoms with E-state index in [2.05, 4.69) is 15.2 Å². The van der Waals surface area contributed by atoms with Crippen molar-refractivity contribution < 1.29 is 22.5 Å². The van der Waals surface area contributed by atoms with Crippen LogP contribution in [0, 0.1) is 6.92 Å². The number of rotatable bonds is 7. The number of halogens is 1. The Balaban J connectivity index is 1.63. The average molecular weight is 422 g/mol. The van der Waals surface area contributed by atoms with Crippen molar-refractivity contribution in [2.75, 3.05) is 16.6 Å². The Kier molecular flexibility index (Phi) is 5.86. The molecule has 0 radical (unpaired) electrons. The largest absolute Gasteiger partial charge is 0.465 e. The molecular weight excluding hydrogens is 406 g/mol. The van der Waals surface area contributed by atoms with E-state index in [9.17, 15) is 13.2 Å². The monoisotopic (exact) mass is 421 g/mol. The van der Waals surface area contributed by atoms with E-state index >= 15 is 0 Å². The Hall–Kier alpha value is -3.04. The van der Waals surface area contributed by atoms with Crippen LogP contribution in [0.3, 0.4) is 0 Å². The van der Waals surface area contributed by atoms with Crippen LogP contribution in [-0.4, -0.2) is 26.1 Å². The van der Waals surface area contributed by atoms with Crippen molar-refractivity contribution in [2.24, 2.45) is 0 Å². The van der Waals surface area contributed by atoms with Crippen molar-refractivity contribution >= 4 is 38.9 Å². The molecule has 0 spiro atoms. The van der Waals surface area contributed by atoms with Crippen LogP contribution in [0.15, 0.2) is 64.0 Å². The maximum absolute atomic E-state index is 12.4. The SMILES string of the molecule is Cc1cc(OCC(=O)Nc2cccc(NS(=O)(=O)c3ccc(Cl)cc3)c2)no1. The molecule has 0 atom stereocenters. The fraction of sp³-hybridized carbons (Fsp3) is 0.111. The highest BCUT2D eigenvalue weighted by Gasteiger charge is 2.14. The van der Waals surface area contributed by atoms with Crippen molar-refractivity contribution in [3.05, 3.63) is 65.4 Å². The van der Waals surface area contributed by atoms with Crippen LogP contribution in [0.25, 0.3) is 0 Å². The van der Waals surface area contributed by atoms with Gasteiger partial charge in [0.1, 0.15) is 5.76 Å². The number of aromatic nitrogens is 1. The Morgan fingerprint density at radius 3 is 2.54 bits per heavy atom. The molecule has 2 N–H and O–H groups in total.